The lowest BCUT2D eigenvalue weighted by atomic mass is 9.77. The van der Waals surface area contributed by atoms with Crippen molar-refractivity contribution in [2.45, 2.75) is 51.5 Å². The maximum Gasteiger partial charge on any atom is 0.223 e. The fourth-order valence-corrected chi connectivity index (χ4v) is 3.76. The van der Waals surface area contributed by atoms with E-state index in [1.54, 1.807) is 0 Å². The normalized spacial score (nSPS) is 27.5. The van der Waals surface area contributed by atoms with Crippen LogP contribution in [0.25, 0.3) is 10.9 Å². The molecule has 4 rings (SSSR count). The van der Waals surface area contributed by atoms with Crippen molar-refractivity contribution in [1.82, 2.24) is 9.97 Å². The van der Waals surface area contributed by atoms with Crippen LogP contribution in [0.4, 0.5) is 5.95 Å². The van der Waals surface area contributed by atoms with Crippen LogP contribution in [0.1, 0.15) is 45.4 Å². The molecule has 0 bridgehead atoms. The van der Waals surface area contributed by atoms with Crippen molar-refractivity contribution in [3.05, 3.63) is 30.5 Å². The molecule has 2 fully saturated rings. The van der Waals surface area contributed by atoms with E-state index in [1.807, 2.05) is 24.4 Å². The van der Waals surface area contributed by atoms with E-state index in [1.165, 1.54) is 38.5 Å². The van der Waals surface area contributed by atoms with Crippen LogP contribution in [0.2, 0.25) is 0 Å². The van der Waals surface area contributed by atoms with E-state index in [2.05, 4.69) is 28.3 Å². The molecular formula is C18H23N3. The van der Waals surface area contributed by atoms with Crippen LogP contribution in [0.3, 0.4) is 0 Å². The van der Waals surface area contributed by atoms with Crippen LogP contribution in [-0.4, -0.2) is 16.0 Å². The number of para-hydroxylation sites is 1. The number of anilines is 1. The van der Waals surface area contributed by atoms with Crippen molar-refractivity contribution in [1.29, 1.82) is 0 Å². The zero-order chi connectivity index (χ0) is 14.3. The first-order valence-electron chi connectivity index (χ1n) is 8.21. The first kappa shape index (κ1) is 13.1. The molecule has 0 unspecified atom stereocenters. The summed E-state index contributed by atoms with van der Waals surface area (Å²) >= 11 is 0. The Balaban J connectivity index is 1.41. The molecule has 0 aliphatic heterocycles. The number of hydrogen-bond acceptors (Lipinski definition) is 3. The molecule has 0 spiro atoms. The number of fused-ring (bicyclic) bond motifs is 1. The minimum atomic E-state index is 0.546. The van der Waals surface area contributed by atoms with Gasteiger partial charge in [0.2, 0.25) is 5.95 Å². The average Bonchev–Trinajstić information content (AvgIpc) is 3.27. The van der Waals surface area contributed by atoms with Crippen LogP contribution < -0.4 is 5.32 Å². The number of nitrogens with one attached hydrogen (secondary N) is 1. The molecule has 1 heterocycles. The third-order valence-electron chi connectivity index (χ3n) is 5.57. The Labute approximate surface area is 126 Å². The van der Waals surface area contributed by atoms with Crippen molar-refractivity contribution < 1.29 is 0 Å². The predicted molar refractivity (Wildman–Crippen MR) is 86.2 cm³/mol. The first-order valence-corrected chi connectivity index (χ1v) is 8.21. The maximum atomic E-state index is 4.63. The van der Waals surface area contributed by atoms with E-state index in [9.17, 15) is 0 Å². The van der Waals surface area contributed by atoms with Gasteiger partial charge in [-0.2, -0.15) is 0 Å². The van der Waals surface area contributed by atoms with Gasteiger partial charge < -0.3 is 5.32 Å². The summed E-state index contributed by atoms with van der Waals surface area (Å²) in [5, 5.41) is 4.65. The SMILES string of the molecule is CC1([C@H]2CC[C@@H](Nc3ncc4ccccc4n3)CC2)CC1. The van der Waals surface area contributed by atoms with Gasteiger partial charge in [-0.3, -0.25) is 0 Å². The number of aromatic nitrogens is 2. The lowest BCUT2D eigenvalue weighted by Gasteiger charge is -2.32. The highest BCUT2D eigenvalue weighted by molar-refractivity contribution is 5.78. The van der Waals surface area contributed by atoms with Gasteiger partial charge in [0.25, 0.3) is 0 Å². The van der Waals surface area contributed by atoms with E-state index >= 15 is 0 Å². The summed E-state index contributed by atoms with van der Waals surface area (Å²) in [5.41, 5.74) is 1.71. The quantitative estimate of drug-likeness (QED) is 0.906. The van der Waals surface area contributed by atoms with E-state index in [-0.39, 0.29) is 0 Å². The molecule has 1 N–H and O–H groups in total. The fourth-order valence-electron chi connectivity index (χ4n) is 3.76. The highest BCUT2D eigenvalue weighted by Crippen LogP contribution is 2.55. The van der Waals surface area contributed by atoms with Gasteiger partial charge >= 0.3 is 0 Å². The molecule has 21 heavy (non-hydrogen) atoms. The second-order valence-electron chi connectivity index (χ2n) is 7.10. The maximum absolute atomic E-state index is 4.63. The van der Waals surface area contributed by atoms with E-state index in [4.69, 9.17) is 0 Å². The van der Waals surface area contributed by atoms with Crippen LogP contribution >= 0.6 is 0 Å². The number of nitrogens with zero attached hydrogens (tertiary/aromatic N) is 2. The summed E-state index contributed by atoms with van der Waals surface area (Å²) in [6.07, 6.45) is 10.1. The highest BCUT2D eigenvalue weighted by atomic mass is 15.1. The standard InChI is InChI=1S/C18H23N3/c1-18(10-11-18)14-6-8-15(9-7-14)20-17-19-12-13-4-2-3-5-16(13)21-17/h2-5,12,14-15H,6-11H2,1H3,(H,19,20,21)/t14-,15+. The number of rotatable bonds is 3. The Morgan fingerprint density at radius 1 is 1.10 bits per heavy atom. The summed E-state index contributed by atoms with van der Waals surface area (Å²) in [6.45, 7) is 2.47. The van der Waals surface area contributed by atoms with Crippen LogP contribution in [0.15, 0.2) is 30.5 Å². The molecule has 3 nitrogen and oxygen atoms in total. The van der Waals surface area contributed by atoms with Gasteiger partial charge in [-0.25, -0.2) is 9.97 Å². The van der Waals surface area contributed by atoms with Crippen molar-refractivity contribution in [3.8, 4) is 0 Å². The van der Waals surface area contributed by atoms with Crippen molar-refractivity contribution in [2.24, 2.45) is 11.3 Å². The fraction of sp³-hybridized carbons (Fsp3) is 0.556. The molecule has 0 amide bonds. The Kier molecular flexibility index (Phi) is 3.09. The molecule has 2 aliphatic rings. The summed E-state index contributed by atoms with van der Waals surface area (Å²) in [4.78, 5) is 9.09. The van der Waals surface area contributed by atoms with Crippen LogP contribution in [0.5, 0.6) is 0 Å². The molecule has 0 saturated heterocycles. The van der Waals surface area contributed by atoms with E-state index in [0.29, 0.717) is 11.5 Å². The van der Waals surface area contributed by atoms with Gasteiger partial charge in [-0.15, -0.1) is 0 Å². The van der Waals surface area contributed by atoms with Crippen LogP contribution in [-0.2, 0) is 0 Å². The van der Waals surface area contributed by atoms with Gasteiger partial charge in [-0.1, -0.05) is 25.1 Å². The Hall–Kier alpha value is -1.64. The molecule has 1 aromatic heterocycles. The van der Waals surface area contributed by atoms with Crippen molar-refractivity contribution in [3.63, 3.8) is 0 Å². The van der Waals surface area contributed by atoms with Gasteiger partial charge in [-0.05, 0) is 55.9 Å². The molecule has 2 aromatic rings. The molecule has 110 valence electrons. The summed E-state index contributed by atoms with van der Waals surface area (Å²) in [6, 6.07) is 8.71. The third kappa shape index (κ3) is 2.61. The smallest absolute Gasteiger partial charge is 0.223 e. The molecule has 2 saturated carbocycles. The Morgan fingerprint density at radius 2 is 1.86 bits per heavy atom. The third-order valence-corrected chi connectivity index (χ3v) is 5.57. The zero-order valence-electron chi connectivity index (χ0n) is 12.7. The van der Waals surface area contributed by atoms with Gasteiger partial charge in [0.15, 0.2) is 0 Å². The highest BCUT2D eigenvalue weighted by Gasteiger charge is 2.45. The monoisotopic (exact) mass is 281 g/mol. The predicted octanol–water partition coefficient (Wildman–Crippen LogP) is 4.40. The number of hydrogen-bond donors (Lipinski definition) is 1. The largest absolute Gasteiger partial charge is 0.351 e. The first-order chi connectivity index (χ1) is 10.2. The topological polar surface area (TPSA) is 37.8 Å². The molecule has 0 atom stereocenters. The minimum Gasteiger partial charge on any atom is -0.351 e. The zero-order valence-corrected chi connectivity index (χ0v) is 12.7. The minimum absolute atomic E-state index is 0.546. The molecular weight excluding hydrogens is 258 g/mol. The lowest BCUT2D eigenvalue weighted by molar-refractivity contribution is 0.235. The molecule has 1 aromatic carbocycles. The van der Waals surface area contributed by atoms with E-state index in [0.717, 1.165) is 22.8 Å². The lowest BCUT2D eigenvalue weighted by Crippen LogP contribution is -2.29. The van der Waals surface area contributed by atoms with Crippen LogP contribution in [0, 0.1) is 11.3 Å². The van der Waals surface area contributed by atoms with Crippen molar-refractivity contribution in [2.75, 3.05) is 5.32 Å². The Morgan fingerprint density at radius 3 is 2.62 bits per heavy atom. The van der Waals surface area contributed by atoms with Gasteiger partial charge in [0.05, 0.1) is 5.52 Å². The average molecular weight is 281 g/mol. The number of benzene rings is 1. The Bertz CT molecular complexity index is 640. The second kappa shape index (κ2) is 4.97. The summed E-state index contributed by atoms with van der Waals surface area (Å²) in [7, 11) is 0. The van der Waals surface area contributed by atoms with Gasteiger partial charge in [0.1, 0.15) is 0 Å². The van der Waals surface area contributed by atoms with Crippen molar-refractivity contribution >= 4 is 16.9 Å². The summed E-state index contributed by atoms with van der Waals surface area (Å²) in [5.74, 6) is 1.74. The summed E-state index contributed by atoms with van der Waals surface area (Å²) < 4.78 is 0. The van der Waals surface area contributed by atoms with E-state index < -0.39 is 0 Å². The molecule has 3 heteroatoms. The molecule has 0 radical (unpaired) electrons. The van der Waals surface area contributed by atoms with Gasteiger partial charge in [0, 0.05) is 17.6 Å². The second-order valence-corrected chi connectivity index (χ2v) is 7.10. The molecule has 2 aliphatic carbocycles.